The molecule has 0 aliphatic carbocycles. The highest BCUT2D eigenvalue weighted by atomic mass is 35.5. The van der Waals surface area contributed by atoms with Crippen LogP contribution in [0.4, 0.5) is 0 Å². The summed E-state index contributed by atoms with van der Waals surface area (Å²) in [6.45, 7) is 3.18. The molecule has 2 N–H and O–H groups in total. The van der Waals surface area contributed by atoms with Crippen LogP contribution in [0.3, 0.4) is 0 Å². The fourth-order valence-corrected chi connectivity index (χ4v) is 3.47. The first kappa shape index (κ1) is 22.2. The van der Waals surface area contributed by atoms with E-state index in [0.29, 0.717) is 22.9 Å². The van der Waals surface area contributed by atoms with Crippen molar-refractivity contribution in [3.8, 4) is 0 Å². The monoisotopic (exact) mass is 428 g/mol. The maximum absolute atomic E-state index is 12.5. The lowest BCUT2D eigenvalue weighted by molar-refractivity contribution is -0.150. The van der Waals surface area contributed by atoms with Crippen molar-refractivity contribution >= 4 is 46.8 Å². The van der Waals surface area contributed by atoms with Crippen LogP contribution in [0, 0.1) is 5.92 Å². The minimum absolute atomic E-state index is 0.156. The van der Waals surface area contributed by atoms with E-state index in [9.17, 15) is 24.3 Å². The topological polar surface area (TPSA) is 104 Å². The van der Waals surface area contributed by atoms with Crippen LogP contribution in [-0.2, 0) is 25.6 Å². The van der Waals surface area contributed by atoms with Crippen molar-refractivity contribution in [2.75, 3.05) is 6.54 Å². The minimum atomic E-state index is -1.19. The van der Waals surface area contributed by atoms with E-state index < -0.39 is 35.5 Å². The van der Waals surface area contributed by atoms with E-state index >= 15 is 0 Å². The number of carbonyl (C=O) groups is 4. The summed E-state index contributed by atoms with van der Waals surface area (Å²) in [5.74, 6) is -4.73. The number of ketones is 1. The molecule has 1 heterocycles. The van der Waals surface area contributed by atoms with Crippen LogP contribution in [0.2, 0.25) is 10.0 Å². The van der Waals surface area contributed by atoms with Crippen molar-refractivity contribution in [3.63, 3.8) is 0 Å². The quantitative estimate of drug-likeness (QED) is 0.488. The van der Waals surface area contributed by atoms with Gasteiger partial charge in [0.15, 0.2) is 0 Å². The second-order valence-electron chi connectivity index (χ2n) is 6.83. The molecule has 7 nitrogen and oxygen atoms in total. The van der Waals surface area contributed by atoms with Gasteiger partial charge in [-0.05, 0) is 43.9 Å². The van der Waals surface area contributed by atoms with Crippen LogP contribution in [-0.4, -0.2) is 52.2 Å². The Balaban J connectivity index is 1.94. The van der Waals surface area contributed by atoms with Gasteiger partial charge in [-0.2, -0.15) is 0 Å². The number of amides is 2. The van der Waals surface area contributed by atoms with Crippen LogP contribution in [0.1, 0.15) is 32.3 Å². The molecule has 2 unspecified atom stereocenters. The first-order valence-corrected chi connectivity index (χ1v) is 9.73. The van der Waals surface area contributed by atoms with E-state index in [1.165, 1.54) is 0 Å². The molecule has 1 aromatic carbocycles. The molecule has 9 heteroatoms. The smallest absolute Gasteiger partial charge is 0.326 e. The molecule has 152 valence electrons. The summed E-state index contributed by atoms with van der Waals surface area (Å²) in [4.78, 5) is 48.9. The van der Waals surface area contributed by atoms with Crippen LogP contribution < -0.4 is 5.32 Å². The molecule has 3 atom stereocenters. The Morgan fingerprint density at radius 1 is 1.29 bits per heavy atom. The lowest BCUT2D eigenvalue weighted by Gasteiger charge is -2.22. The molecule has 1 aliphatic rings. The standard InChI is InChI=1S/C19H22Cl2N2O5/c1-3-15(19(27)28)23-9-12(16(24)18(23)26)17(25)22-10(2)4-5-11-6-7-13(20)14(21)8-11/h6-8,10,12,15H,3-5,9H2,1-2H3,(H,22,25)(H,27,28)/t10?,12?,15-/m0/s1. The third kappa shape index (κ3) is 5.02. The maximum Gasteiger partial charge on any atom is 0.326 e. The number of halogens is 2. The molecule has 0 saturated carbocycles. The van der Waals surface area contributed by atoms with Gasteiger partial charge in [0.2, 0.25) is 11.7 Å². The van der Waals surface area contributed by atoms with Gasteiger partial charge >= 0.3 is 5.97 Å². The molecule has 0 aromatic heterocycles. The Labute approximate surface area is 173 Å². The Kier molecular flexibility index (Phi) is 7.43. The van der Waals surface area contributed by atoms with Crippen LogP contribution >= 0.6 is 23.2 Å². The van der Waals surface area contributed by atoms with Gasteiger partial charge in [0.25, 0.3) is 5.91 Å². The largest absolute Gasteiger partial charge is 0.480 e. The molecular formula is C19H22Cl2N2O5. The molecule has 1 saturated heterocycles. The normalized spacial score (nSPS) is 18.9. The number of likely N-dealkylation sites (tertiary alicyclic amines) is 1. The average molecular weight is 429 g/mol. The van der Waals surface area contributed by atoms with E-state index in [1.807, 2.05) is 6.07 Å². The van der Waals surface area contributed by atoms with E-state index in [0.717, 1.165) is 10.5 Å². The van der Waals surface area contributed by atoms with Crippen molar-refractivity contribution in [3.05, 3.63) is 33.8 Å². The molecule has 1 aliphatic heterocycles. The first-order valence-electron chi connectivity index (χ1n) is 8.97. The van der Waals surface area contributed by atoms with Crippen molar-refractivity contribution in [2.24, 2.45) is 5.92 Å². The number of hydrogen-bond donors (Lipinski definition) is 2. The van der Waals surface area contributed by atoms with E-state index in [2.05, 4.69) is 5.32 Å². The number of Topliss-reactive ketones (excluding diaryl/α,β-unsaturated/α-hetero) is 1. The highest BCUT2D eigenvalue weighted by molar-refractivity contribution is 6.43. The van der Waals surface area contributed by atoms with Gasteiger partial charge in [0.1, 0.15) is 12.0 Å². The lowest BCUT2D eigenvalue weighted by Crippen LogP contribution is -2.43. The van der Waals surface area contributed by atoms with Gasteiger partial charge in [0, 0.05) is 12.6 Å². The number of benzene rings is 1. The number of aryl methyl sites for hydroxylation is 1. The molecule has 2 amide bonds. The second-order valence-corrected chi connectivity index (χ2v) is 7.65. The molecular weight excluding hydrogens is 407 g/mol. The summed E-state index contributed by atoms with van der Waals surface area (Å²) in [5, 5.41) is 12.8. The van der Waals surface area contributed by atoms with Gasteiger partial charge in [-0.25, -0.2) is 4.79 Å². The first-order chi connectivity index (χ1) is 13.1. The summed E-state index contributed by atoms with van der Waals surface area (Å²) in [7, 11) is 0. The number of rotatable bonds is 8. The molecule has 0 bridgehead atoms. The number of carboxylic acids is 1. The Morgan fingerprint density at radius 2 is 1.96 bits per heavy atom. The molecule has 0 radical (unpaired) electrons. The van der Waals surface area contributed by atoms with Crippen molar-refractivity contribution in [1.29, 1.82) is 0 Å². The van der Waals surface area contributed by atoms with Gasteiger partial charge in [-0.3, -0.25) is 14.4 Å². The number of nitrogens with zero attached hydrogens (tertiary/aromatic N) is 1. The number of carbonyl (C=O) groups excluding carboxylic acids is 3. The van der Waals surface area contributed by atoms with Gasteiger partial charge in [0.05, 0.1) is 10.0 Å². The Morgan fingerprint density at radius 3 is 2.54 bits per heavy atom. The molecule has 2 rings (SSSR count). The van der Waals surface area contributed by atoms with E-state index in [1.54, 1.807) is 26.0 Å². The zero-order valence-electron chi connectivity index (χ0n) is 15.6. The highest BCUT2D eigenvalue weighted by Crippen LogP contribution is 2.23. The summed E-state index contributed by atoms with van der Waals surface area (Å²) in [6, 6.07) is 3.94. The number of hydrogen-bond acceptors (Lipinski definition) is 4. The third-order valence-corrected chi connectivity index (χ3v) is 5.51. The van der Waals surface area contributed by atoms with Gasteiger partial charge < -0.3 is 15.3 Å². The molecule has 1 aromatic rings. The Bertz CT molecular complexity index is 799. The van der Waals surface area contributed by atoms with E-state index in [4.69, 9.17) is 23.2 Å². The number of carboxylic acid groups (broad SMARTS) is 1. The fourth-order valence-electron chi connectivity index (χ4n) is 3.15. The molecule has 28 heavy (non-hydrogen) atoms. The Hall–Kier alpha value is -2.12. The zero-order valence-corrected chi connectivity index (χ0v) is 17.1. The van der Waals surface area contributed by atoms with E-state index in [-0.39, 0.29) is 19.0 Å². The summed E-state index contributed by atoms with van der Waals surface area (Å²) < 4.78 is 0. The van der Waals surface area contributed by atoms with Gasteiger partial charge in [-0.15, -0.1) is 0 Å². The summed E-state index contributed by atoms with van der Waals surface area (Å²) in [5.41, 5.74) is 0.959. The highest BCUT2D eigenvalue weighted by Gasteiger charge is 2.47. The maximum atomic E-state index is 12.5. The minimum Gasteiger partial charge on any atom is -0.480 e. The van der Waals surface area contributed by atoms with Gasteiger partial charge in [-0.1, -0.05) is 36.2 Å². The predicted octanol–water partition coefficient (Wildman–Crippen LogP) is 2.32. The summed E-state index contributed by atoms with van der Waals surface area (Å²) >= 11 is 11.9. The van der Waals surface area contributed by atoms with Crippen molar-refractivity contribution in [1.82, 2.24) is 10.2 Å². The SMILES string of the molecule is CC[C@@H](C(=O)O)N1CC(C(=O)NC(C)CCc2ccc(Cl)c(Cl)c2)C(=O)C1=O. The van der Waals surface area contributed by atoms with Crippen LogP contribution in [0.15, 0.2) is 18.2 Å². The third-order valence-electron chi connectivity index (χ3n) is 4.77. The summed E-state index contributed by atoms with van der Waals surface area (Å²) in [6.07, 6.45) is 1.39. The lowest BCUT2D eigenvalue weighted by atomic mass is 10.0. The number of nitrogens with one attached hydrogen (secondary N) is 1. The molecule has 1 fully saturated rings. The second kappa shape index (κ2) is 9.39. The van der Waals surface area contributed by atoms with Crippen molar-refractivity contribution in [2.45, 2.75) is 45.2 Å². The fraction of sp³-hybridized carbons (Fsp3) is 0.474. The zero-order chi connectivity index (χ0) is 21.0. The average Bonchev–Trinajstić information content (AvgIpc) is 2.92. The predicted molar refractivity (Wildman–Crippen MR) is 104 cm³/mol. The van der Waals surface area contributed by atoms with Crippen LogP contribution in [0.5, 0.6) is 0 Å². The van der Waals surface area contributed by atoms with Crippen molar-refractivity contribution < 1.29 is 24.3 Å². The van der Waals surface area contributed by atoms with Crippen LogP contribution in [0.25, 0.3) is 0 Å². The molecule has 0 spiro atoms. The number of aliphatic carboxylic acids is 1.